The van der Waals surface area contributed by atoms with E-state index < -0.39 is 6.36 Å². The van der Waals surface area contributed by atoms with E-state index in [0.29, 0.717) is 11.4 Å². The smallest absolute Gasteiger partial charge is 0.406 e. The molecule has 1 aromatic heterocycles. The largest absolute Gasteiger partial charge is 0.573 e. The van der Waals surface area contributed by atoms with Crippen molar-refractivity contribution in [3.63, 3.8) is 0 Å². The number of benzene rings is 2. The van der Waals surface area contributed by atoms with Gasteiger partial charge < -0.3 is 9.26 Å². The zero-order valence-electron chi connectivity index (χ0n) is 11.0. The fourth-order valence-electron chi connectivity index (χ4n) is 1.84. The van der Waals surface area contributed by atoms with Gasteiger partial charge in [-0.3, -0.25) is 0 Å². The molecule has 0 aliphatic rings. The molecule has 2 aromatic carbocycles. The highest BCUT2D eigenvalue weighted by Crippen LogP contribution is 2.27. The number of aromatic nitrogens is 2. The van der Waals surface area contributed by atoms with E-state index in [2.05, 4.69) is 14.9 Å². The molecule has 0 amide bonds. The van der Waals surface area contributed by atoms with Crippen LogP contribution in [0.4, 0.5) is 13.2 Å². The van der Waals surface area contributed by atoms with Crippen molar-refractivity contribution in [2.45, 2.75) is 6.36 Å². The zero-order valence-corrected chi connectivity index (χ0v) is 11.0. The van der Waals surface area contributed by atoms with Gasteiger partial charge in [-0.15, -0.1) is 13.2 Å². The van der Waals surface area contributed by atoms with Crippen molar-refractivity contribution >= 4 is 0 Å². The molecule has 4 nitrogen and oxygen atoms in total. The molecular weight excluding hydrogens is 297 g/mol. The molecule has 3 aromatic rings. The molecule has 0 atom stereocenters. The highest BCUT2D eigenvalue weighted by molar-refractivity contribution is 5.60. The second-order valence-corrected chi connectivity index (χ2v) is 4.36. The van der Waals surface area contributed by atoms with Crippen molar-refractivity contribution in [3.05, 3.63) is 54.6 Å². The van der Waals surface area contributed by atoms with E-state index in [9.17, 15) is 13.2 Å². The average Bonchev–Trinajstić information content (AvgIpc) is 2.97. The maximum Gasteiger partial charge on any atom is 0.573 e. The molecule has 0 radical (unpaired) electrons. The fraction of sp³-hybridized carbons (Fsp3) is 0.0667. The van der Waals surface area contributed by atoms with E-state index in [1.807, 2.05) is 30.3 Å². The van der Waals surface area contributed by atoms with Crippen LogP contribution in [0.5, 0.6) is 5.75 Å². The third-order valence-corrected chi connectivity index (χ3v) is 2.79. The van der Waals surface area contributed by atoms with Crippen molar-refractivity contribution in [2.24, 2.45) is 0 Å². The first-order chi connectivity index (χ1) is 10.5. The number of halogens is 3. The van der Waals surface area contributed by atoms with Crippen LogP contribution in [0.2, 0.25) is 0 Å². The minimum Gasteiger partial charge on any atom is -0.406 e. The Labute approximate surface area is 123 Å². The summed E-state index contributed by atoms with van der Waals surface area (Å²) >= 11 is 0. The van der Waals surface area contributed by atoms with Gasteiger partial charge in [-0.05, 0) is 24.3 Å². The quantitative estimate of drug-likeness (QED) is 0.723. The number of rotatable bonds is 3. The van der Waals surface area contributed by atoms with Gasteiger partial charge in [0.25, 0.3) is 5.89 Å². The van der Waals surface area contributed by atoms with Gasteiger partial charge >= 0.3 is 6.36 Å². The first kappa shape index (κ1) is 14.1. The summed E-state index contributed by atoms with van der Waals surface area (Å²) in [6.07, 6.45) is -4.72. The Balaban J connectivity index is 1.82. The van der Waals surface area contributed by atoms with Crippen LogP contribution in [0, 0.1) is 0 Å². The Morgan fingerprint density at radius 3 is 2.18 bits per heavy atom. The summed E-state index contributed by atoms with van der Waals surface area (Å²) < 4.78 is 45.2. The van der Waals surface area contributed by atoms with Crippen molar-refractivity contribution in [2.75, 3.05) is 0 Å². The van der Waals surface area contributed by atoms with Gasteiger partial charge in [0, 0.05) is 11.1 Å². The van der Waals surface area contributed by atoms with Gasteiger partial charge in [-0.1, -0.05) is 35.5 Å². The fourth-order valence-corrected chi connectivity index (χ4v) is 1.84. The van der Waals surface area contributed by atoms with Crippen LogP contribution in [0.3, 0.4) is 0 Å². The Hall–Kier alpha value is -2.83. The minimum atomic E-state index is -4.72. The molecule has 0 N–H and O–H groups in total. The maximum atomic E-state index is 12.1. The van der Waals surface area contributed by atoms with Crippen LogP contribution in [0.25, 0.3) is 22.8 Å². The molecule has 1 heterocycles. The standard InChI is InChI=1S/C15H9F3N2O2/c16-15(17,18)21-12-8-6-11(7-9-12)14-19-13(20-22-14)10-4-2-1-3-5-10/h1-9H. The van der Waals surface area contributed by atoms with Crippen molar-refractivity contribution in [1.29, 1.82) is 0 Å². The first-order valence-corrected chi connectivity index (χ1v) is 6.26. The van der Waals surface area contributed by atoms with E-state index in [1.54, 1.807) is 0 Å². The zero-order chi connectivity index (χ0) is 15.6. The lowest BCUT2D eigenvalue weighted by Crippen LogP contribution is -2.16. The molecule has 0 saturated heterocycles. The lowest BCUT2D eigenvalue weighted by molar-refractivity contribution is -0.274. The topological polar surface area (TPSA) is 48.2 Å². The molecule has 0 unspecified atom stereocenters. The summed E-state index contributed by atoms with van der Waals surface area (Å²) in [4.78, 5) is 4.21. The van der Waals surface area contributed by atoms with E-state index in [-0.39, 0.29) is 11.6 Å². The Morgan fingerprint density at radius 2 is 1.55 bits per heavy atom. The molecule has 0 saturated carbocycles. The third-order valence-electron chi connectivity index (χ3n) is 2.79. The molecule has 0 aliphatic carbocycles. The van der Waals surface area contributed by atoms with Crippen molar-refractivity contribution < 1.29 is 22.4 Å². The van der Waals surface area contributed by atoms with Crippen LogP contribution in [-0.4, -0.2) is 16.5 Å². The number of hydrogen-bond acceptors (Lipinski definition) is 4. The molecular formula is C15H9F3N2O2. The normalized spacial score (nSPS) is 11.4. The Kier molecular flexibility index (Phi) is 3.54. The van der Waals surface area contributed by atoms with Gasteiger partial charge in [-0.2, -0.15) is 4.98 Å². The molecule has 0 fully saturated rings. The van der Waals surface area contributed by atoms with E-state index in [1.165, 1.54) is 24.3 Å². The van der Waals surface area contributed by atoms with Crippen LogP contribution in [0.1, 0.15) is 0 Å². The summed E-state index contributed by atoms with van der Waals surface area (Å²) in [5.41, 5.74) is 1.29. The van der Waals surface area contributed by atoms with Crippen LogP contribution in [0.15, 0.2) is 59.1 Å². The van der Waals surface area contributed by atoms with Crippen LogP contribution < -0.4 is 4.74 Å². The summed E-state index contributed by atoms with van der Waals surface area (Å²) in [6, 6.07) is 14.4. The number of hydrogen-bond donors (Lipinski definition) is 0. The summed E-state index contributed by atoms with van der Waals surface area (Å²) in [6.45, 7) is 0. The highest BCUT2D eigenvalue weighted by atomic mass is 19.4. The molecule has 0 spiro atoms. The molecule has 22 heavy (non-hydrogen) atoms. The Bertz CT molecular complexity index is 752. The second-order valence-electron chi connectivity index (χ2n) is 4.36. The summed E-state index contributed by atoms with van der Waals surface area (Å²) in [5.74, 6) is 0.322. The van der Waals surface area contributed by atoms with Crippen LogP contribution >= 0.6 is 0 Å². The van der Waals surface area contributed by atoms with Crippen molar-refractivity contribution in [3.8, 4) is 28.6 Å². The summed E-state index contributed by atoms with van der Waals surface area (Å²) in [7, 11) is 0. The predicted octanol–water partition coefficient (Wildman–Crippen LogP) is 4.30. The van der Waals surface area contributed by atoms with E-state index in [0.717, 1.165) is 5.56 Å². The maximum absolute atomic E-state index is 12.1. The average molecular weight is 306 g/mol. The van der Waals surface area contributed by atoms with Gasteiger partial charge in [0.1, 0.15) is 5.75 Å². The van der Waals surface area contributed by atoms with Gasteiger partial charge in [0.15, 0.2) is 0 Å². The number of alkyl halides is 3. The SMILES string of the molecule is FC(F)(F)Oc1ccc(-c2nc(-c3ccccc3)no2)cc1. The predicted molar refractivity (Wildman–Crippen MR) is 71.9 cm³/mol. The van der Waals surface area contributed by atoms with Crippen LogP contribution in [-0.2, 0) is 0 Å². The minimum absolute atomic E-state index is 0.220. The second kappa shape index (κ2) is 5.51. The molecule has 0 bridgehead atoms. The summed E-state index contributed by atoms with van der Waals surface area (Å²) in [5, 5.41) is 3.85. The third kappa shape index (κ3) is 3.25. The number of ether oxygens (including phenoxy) is 1. The first-order valence-electron chi connectivity index (χ1n) is 6.26. The van der Waals surface area contributed by atoms with E-state index in [4.69, 9.17) is 4.52 Å². The van der Waals surface area contributed by atoms with Gasteiger partial charge in [0.2, 0.25) is 5.82 Å². The lowest BCUT2D eigenvalue weighted by Gasteiger charge is -2.08. The van der Waals surface area contributed by atoms with Gasteiger partial charge in [0.05, 0.1) is 0 Å². The molecule has 7 heteroatoms. The lowest BCUT2D eigenvalue weighted by atomic mass is 10.2. The Morgan fingerprint density at radius 1 is 0.864 bits per heavy atom. The van der Waals surface area contributed by atoms with Gasteiger partial charge in [-0.25, -0.2) is 0 Å². The monoisotopic (exact) mass is 306 g/mol. The molecule has 0 aliphatic heterocycles. The molecule has 3 rings (SSSR count). The van der Waals surface area contributed by atoms with Crippen molar-refractivity contribution in [1.82, 2.24) is 10.1 Å². The highest BCUT2D eigenvalue weighted by Gasteiger charge is 2.31. The molecule has 112 valence electrons. The number of nitrogens with zero attached hydrogens (tertiary/aromatic N) is 2. The van der Waals surface area contributed by atoms with E-state index >= 15 is 0 Å².